The van der Waals surface area contributed by atoms with Crippen LogP contribution in [-0.2, 0) is 0 Å². The molecular formula is C16H19NO2. The second kappa shape index (κ2) is 4.41. The third-order valence-corrected chi connectivity index (χ3v) is 3.77. The predicted octanol–water partition coefficient (Wildman–Crippen LogP) is 3.75. The van der Waals surface area contributed by atoms with Gasteiger partial charge in [-0.05, 0) is 39.7 Å². The van der Waals surface area contributed by atoms with Crippen LogP contribution in [-0.4, -0.2) is 22.9 Å². The molecule has 1 aliphatic carbocycles. The number of rotatable bonds is 3. The van der Waals surface area contributed by atoms with Gasteiger partial charge < -0.3 is 9.32 Å². The van der Waals surface area contributed by atoms with E-state index in [9.17, 15) is 4.79 Å². The minimum absolute atomic E-state index is 0.0335. The summed E-state index contributed by atoms with van der Waals surface area (Å²) in [5.41, 5.74) is 1.75. The minimum Gasteiger partial charge on any atom is -0.451 e. The molecule has 0 atom stereocenters. The molecule has 100 valence electrons. The maximum Gasteiger partial charge on any atom is 0.290 e. The van der Waals surface area contributed by atoms with Gasteiger partial charge in [-0.25, -0.2) is 0 Å². The van der Waals surface area contributed by atoms with Crippen LogP contribution in [0, 0.1) is 6.92 Å². The Morgan fingerprint density at radius 1 is 1.32 bits per heavy atom. The van der Waals surface area contributed by atoms with Gasteiger partial charge in [0.2, 0.25) is 0 Å². The SMILES string of the molecule is Cc1c(C(=O)N(C(C)C)C2CC2)oc2ccccc12. The molecule has 3 nitrogen and oxygen atoms in total. The maximum atomic E-state index is 12.7. The van der Waals surface area contributed by atoms with E-state index in [1.165, 1.54) is 0 Å². The Bertz CT molecular complexity index is 621. The van der Waals surface area contributed by atoms with Gasteiger partial charge in [-0.3, -0.25) is 4.79 Å². The molecule has 1 amide bonds. The third kappa shape index (κ3) is 2.03. The van der Waals surface area contributed by atoms with Crippen molar-refractivity contribution in [3.05, 3.63) is 35.6 Å². The predicted molar refractivity (Wildman–Crippen MR) is 75.3 cm³/mol. The number of hydrogen-bond donors (Lipinski definition) is 0. The largest absolute Gasteiger partial charge is 0.451 e. The second-order valence-electron chi connectivity index (χ2n) is 5.59. The normalized spacial score (nSPS) is 15.2. The lowest BCUT2D eigenvalue weighted by molar-refractivity contribution is 0.0659. The lowest BCUT2D eigenvalue weighted by atomic mass is 10.1. The van der Waals surface area contributed by atoms with E-state index in [1.807, 2.05) is 36.1 Å². The van der Waals surface area contributed by atoms with Crippen LogP contribution in [0.2, 0.25) is 0 Å². The summed E-state index contributed by atoms with van der Waals surface area (Å²) >= 11 is 0. The van der Waals surface area contributed by atoms with Crippen molar-refractivity contribution in [2.45, 2.75) is 45.7 Å². The standard InChI is InChI=1S/C16H19NO2/c1-10(2)17(12-8-9-12)16(18)15-11(3)13-6-4-5-7-14(13)19-15/h4-7,10,12H,8-9H2,1-3H3. The lowest BCUT2D eigenvalue weighted by Crippen LogP contribution is -2.38. The zero-order valence-electron chi connectivity index (χ0n) is 11.6. The molecule has 19 heavy (non-hydrogen) atoms. The fourth-order valence-corrected chi connectivity index (χ4v) is 2.67. The second-order valence-corrected chi connectivity index (χ2v) is 5.59. The van der Waals surface area contributed by atoms with Crippen LogP contribution in [0.25, 0.3) is 11.0 Å². The van der Waals surface area contributed by atoms with Crippen molar-refractivity contribution in [2.75, 3.05) is 0 Å². The molecule has 0 unspecified atom stereocenters. The van der Waals surface area contributed by atoms with Crippen molar-refractivity contribution < 1.29 is 9.21 Å². The molecule has 1 aliphatic rings. The highest BCUT2D eigenvalue weighted by Gasteiger charge is 2.36. The van der Waals surface area contributed by atoms with Crippen molar-refractivity contribution in [1.29, 1.82) is 0 Å². The van der Waals surface area contributed by atoms with E-state index in [4.69, 9.17) is 4.42 Å². The number of carbonyl (C=O) groups is 1. The monoisotopic (exact) mass is 257 g/mol. The molecule has 0 bridgehead atoms. The molecule has 1 fully saturated rings. The Labute approximate surface area is 113 Å². The number of para-hydroxylation sites is 1. The van der Waals surface area contributed by atoms with Crippen molar-refractivity contribution >= 4 is 16.9 Å². The molecule has 1 aromatic heterocycles. The molecule has 2 aromatic rings. The van der Waals surface area contributed by atoms with Gasteiger partial charge in [-0.2, -0.15) is 0 Å². The van der Waals surface area contributed by atoms with Gasteiger partial charge in [-0.15, -0.1) is 0 Å². The van der Waals surface area contributed by atoms with Gasteiger partial charge in [0.1, 0.15) is 5.58 Å². The zero-order chi connectivity index (χ0) is 13.6. The highest BCUT2D eigenvalue weighted by Crippen LogP contribution is 2.32. The summed E-state index contributed by atoms with van der Waals surface area (Å²) in [7, 11) is 0. The number of fused-ring (bicyclic) bond motifs is 1. The van der Waals surface area contributed by atoms with E-state index in [-0.39, 0.29) is 11.9 Å². The van der Waals surface area contributed by atoms with Crippen LogP contribution in [0.4, 0.5) is 0 Å². The number of furan rings is 1. The molecule has 0 aliphatic heterocycles. The minimum atomic E-state index is 0.0335. The Kier molecular flexibility index (Phi) is 2.85. The smallest absolute Gasteiger partial charge is 0.290 e. The fraction of sp³-hybridized carbons (Fsp3) is 0.438. The summed E-state index contributed by atoms with van der Waals surface area (Å²) < 4.78 is 5.78. The summed E-state index contributed by atoms with van der Waals surface area (Å²) in [5.74, 6) is 0.535. The number of nitrogens with zero attached hydrogens (tertiary/aromatic N) is 1. The number of hydrogen-bond acceptors (Lipinski definition) is 2. The van der Waals surface area contributed by atoms with Gasteiger partial charge >= 0.3 is 0 Å². The Morgan fingerprint density at radius 3 is 2.58 bits per heavy atom. The summed E-state index contributed by atoms with van der Waals surface area (Å²) in [5, 5.41) is 1.03. The maximum absolute atomic E-state index is 12.7. The van der Waals surface area contributed by atoms with Gasteiger partial charge in [0, 0.05) is 23.0 Å². The van der Waals surface area contributed by atoms with Crippen molar-refractivity contribution in [3.8, 4) is 0 Å². The first-order valence-electron chi connectivity index (χ1n) is 6.90. The van der Waals surface area contributed by atoms with Crippen LogP contribution >= 0.6 is 0 Å². The Hall–Kier alpha value is -1.77. The van der Waals surface area contributed by atoms with E-state index in [0.717, 1.165) is 29.4 Å². The molecule has 3 rings (SSSR count). The molecule has 0 radical (unpaired) electrons. The lowest BCUT2D eigenvalue weighted by Gasteiger charge is -2.25. The molecule has 1 heterocycles. The van der Waals surface area contributed by atoms with E-state index in [1.54, 1.807) is 0 Å². The quantitative estimate of drug-likeness (QED) is 0.839. The highest BCUT2D eigenvalue weighted by molar-refractivity contribution is 5.99. The third-order valence-electron chi connectivity index (χ3n) is 3.77. The first-order chi connectivity index (χ1) is 9.09. The summed E-state index contributed by atoms with van der Waals surface area (Å²) in [6.45, 7) is 6.09. The van der Waals surface area contributed by atoms with Gasteiger partial charge in [0.25, 0.3) is 5.91 Å². The zero-order valence-corrected chi connectivity index (χ0v) is 11.6. The Morgan fingerprint density at radius 2 is 2.00 bits per heavy atom. The average Bonchev–Trinajstić information content (AvgIpc) is 3.14. The van der Waals surface area contributed by atoms with E-state index in [0.29, 0.717) is 11.8 Å². The average molecular weight is 257 g/mol. The molecule has 0 spiro atoms. The first kappa shape index (κ1) is 12.3. The number of aryl methyl sites for hydroxylation is 1. The van der Waals surface area contributed by atoms with E-state index < -0.39 is 0 Å². The van der Waals surface area contributed by atoms with Gasteiger partial charge in [-0.1, -0.05) is 18.2 Å². The van der Waals surface area contributed by atoms with Crippen LogP contribution < -0.4 is 0 Å². The molecule has 0 N–H and O–H groups in total. The molecule has 1 saturated carbocycles. The van der Waals surface area contributed by atoms with E-state index in [2.05, 4.69) is 13.8 Å². The van der Waals surface area contributed by atoms with Crippen molar-refractivity contribution in [2.24, 2.45) is 0 Å². The van der Waals surface area contributed by atoms with Crippen molar-refractivity contribution in [3.63, 3.8) is 0 Å². The number of benzene rings is 1. The van der Waals surface area contributed by atoms with E-state index >= 15 is 0 Å². The molecule has 0 saturated heterocycles. The van der Waals surface area contributed by atoms with Crippen LogP contribution in [0.1, 0.15) is 42.8 Å². The van der Waals surface area contributed by atoms with Gasteiger partial charge in [0.15, 0.2) is 5.76 Å². The van der Waals surface area contributed by atoms with Crippen molar-refractivity contribution in [1.82, 2.24) is 4.90 Å². The first-order valence-corrected chi connectivity index (χ1v) is 6.90. The van der Waals surface area contributed by atoms with Gasteiger partial charge in [0.05, 0.1) is 0 Å². The molecule has 3 heteroatoms. The summed E-state index contributed by atoms with van der Waals surface area (Å²) in [6.07, 6.45) is 2.23. The number of carbonyl (C=O) groups excluding carboxylic acids is 1. The van der Waals surface area contributed by atoms with Crippen LogP contribution in [0.3, 0.4) is 0 Å². The summed E-state index contributed by atoms with van der Waals surface area (Å²) in [4.78, 5) is 14.7. The molecule has 1 aromatic carbocycles. The Balaban J connectivity index is 2.03. The van der Waals surface area contributed by atoms with Crippen LogP contribution in [0.5, 0.6) is 0 Å². The highest BCUT2D eigenvalue weighted by atomic mass is 16.3. The fourth-order valence-electron chi connectivity index (χ4n) is 2.67. The number of amides is 1. The summed E-state index contributed by atoms with van der Waals surface area (Å²) in [6, 6.07) is 8.44. The van der Waals surface area contributed by atoms with Crippen LogP contribution in [0.15, 0.2) is 28.7 Å². The topological polar surface area (TPSA) is 33.5 Å². The molecular weight excluding hydrogens is 238 g/mol.